The SMILES string of the molecule is CC(C)C(C(=O)O)S(=O)(=O)Cc1ccc(C(=O)O)o1. The molecule has 1 rings (SSSR count). The molecule has 1 aromatic rings. The van der Waals surface area contributed by atoms with E-state index in [9.17, 15) is 18.0 Å². The summed E-state index contributed by atoms with van der Waals surface area (Å²) in [5, 5.41) is 16.0. The Hall–Kier alpha value is -1.83. The van der Waals surface area contributed by atoms with Gasteiger partial charge in [0.25, 0.3) is 0 Å². The highest BCUT2D eigenvalue weighted by Crippen LogP contribution is 2.19. The Morgan fingerprint density at radius 3 is 2.21 bits per heavy atom. The summed E-state index contributed by atoms with van der Waals surface area (Å²) in [6, 6.07) is 2.33. The summed E-state index contributed by atoms with van der Waals surface area (Å²) in [6.07, 6.45) is 0. The van der Waals surface area contributed by atoms with E-state index in [0.29, 0.717) is 0 Å². The van der Waals surface area contributed by atoms with Crippen molar-refractivity contribution >= 4 is 21.8 Å². The van der Waals surface area contributed by atoms with E-state index < -0.39 is 38.7 Å². The molecule has 0 aliphatic rings. The molecule has 8 heteroatoms. The van der Waals surface area contributed by atoms with Gasteiger partial charge in [0.2, 0.25) is 5.76 Å². The van der Waals surface area contributed by atoms with Crippen LogP contribution in [0.2, 0.25) is 0 Å². The van der Waals surface area contributed by atoms with Gasteiger partial charge in [-0.05, 0) is 18.1 Å². The van der Waals surface area contributed by atoms with Gasteiger partial charge in [-0.15, -0.1) is 0 Å². The van der Waals surface area contributed by atoms with Crippen LogP contribution >= 0.6 is 0 Å². The van der Waals surface area contributed by atoms with Crippen LogP contribution in [0.4, 0.5) is 0 Å². The molecule has 1 heterocycles. The monoisotopic (exact) mass is 290 g/mol. The van der Waals surface area contributed by atoms with Gasteiger partial charge in [0, 0.05) is 0 Å². The third-order valence-electron chi connectivity index (χ3n) is 2.45. The number of carboxylic acids is 2. The van der Waals surface area contributed by atoms with Crippen LogP contribution in [-0.4, -0.2) is 35.8 Å². The Labute approximate surface area is 109 Å². The van der Waals surface area contributed by atoms with Crippen molar-refractivity contribution in [2.75, 3.05) is 0 Å². The fourth-order valence-corrected chi connectivity index (χ4v) is 3.58. The molecule has 0 aliphatic carbocycles. The second-order valence-electron chi connectivity index (χ2n) is 4.38. The molecular weight excluding hydrogens is 276 g/mol. The molecule has 0 amide bonds. The lowest BCUT2D eigenvalue weighted by molar-refractivity contribution is -0.137. The van der Waals surface area contributed by atoms with Crippen molar-refractivity contribution < 1.29 is 32.6 Å². The van der Waals surface area contributed by atoms with Crippen LogP contribution in [-0.2, 0) is 20.4 Å². The van der Waals surface area contributed by atoms with Gasteiger partial charge in [-0.3, -0.25) is 4.79 Å². The number of hydrogen-bond donors (Lipinski definition) is 2. The zero-order chi connectivity index (χ0) is 14.8. The minimum atomic E-state index is -3.97. The van der Waals surface area contributed by atoms with E-state index in [4.69, 9.17) is 14.6 Å². The summed E-state index contributed by atoms with van der Waals surface area (Å²) >= 11 is 0. The minimum Gasteiger partial charge on any atom is -0.480 e. The van der Waals surface area contributed by atoms with E-state index in [1.807, 2.05) is 0 Å². The first-order valence-electron chi connectivity index (χ1n) is 5.41. The molecule has 19 heavy (non-hydrogen) atoms. The zero-order valence-electron chi connectivity index (χ0n) is 10.4. The maximum absolute atomic E-state index is 12.0. The van der Waals surface area contributed by atoms with Crippen LogP contribution in [0.1, 0.15) is 30.2 Å². The molecule has 0 saturated carbocycles. The summed E-state index contributed by atoms with van der Waals surface area (Å²) < 4.78 is 28.8. The average molecular weight is 290 g/mol. The Bertz CT molecular complexity index is 582. The first kappa shape index (κ1) is 15.2. The summed E-state index contributed by atoms with van der Waals surface area (Å²) in [4.78, 5) is 21.6. The number of furan rings is 1. The van der Waals surface area contributed by atoms with Gasteiger partial charge in [0.05, 0.1) is 0 Å². The molecule has 7 nitrogen and oxygen atoms in total. The van der Waals surface area contributed by atoms with Crippen molar-refractivity contribution in [3.05, 3.63) is 23.7 Å². The molecule has 0 saturated heterocycles. The zero-order valence-corrected chi connectivity index (χ0v) is 11.2. The number of hydrogen-bond acceptors (Lipinski definition) is 5. The van der Waals surface area contributed by atoms with Gasteiger partial charge in [-0.25, -0.2) is 13.2 Å². The van der Waals surface area contributed by atoms with E-state index in [0.717, 1.165) is 6.07 Å². The van der Waals surface area contributed by atoms with Crippen molar-refractivity contribution in [2.24, 2.45) is 5.92 Å². The van der Waals surface area contributed by atoms with Gasteiger partial charge in [-0.1, -0.05) is 13.8 Å². The number of sulfone groups is 1. The molecule has 0 bridgehead atoms. The van der Waals surface area contributed by atoms with E-state index in [1.54, 1.807) is 0 Å². The topological polar surface area (TPSA) is 122 Å². The van der Waals surface area contributed by atoms with Crippen LogP contribution in [0.25, 0.3) is 0 Å². The Kier molecular flexibility index (Phi) is 4.35. The minimum absolute atomic E-state index is 0.0932. The quantitative estimate of drug-likeness (QED) is 0.801. The van der Waals surface area contributed by atoms with Crippen LogP contribution in [0, 0.1) is 5.92 Å². The van der Waals surface area contributed by atoms with E-state index in [-0.39, 0.29) is 11.5 Å². The number of aromatic carboxylic acids is 1. The summed E-state index contributed by atoms with van der Waals surface area (Å²) in [5.74, 6) is -4.47. The third kappa shape index (κ3) is 3.57. The van der Waals surface area contributed by atoms with Crippen molar-refractivity contribution in [3.63, 3.8) is 0 Å². The van der Waals surface area contributed by atoms with Crippen LogP contribution in [0.3, 0.4) is 0 Å². The van der Waals surface area contributed by atoms with Crippen LogP contribution in [0.5, 0.6) is 0 Å². The second kappa shape index (κ2) is 5.43. The third-order valence-corrected chi connectivity index (χ3v) is 4.66. The molecular formula is C11H14O7S. The number of rotatable bonds is 6. The fourth-order valence-electron chi connectivity index (χ4n) is 1.71. The fraction of sp³-hybridized carbons (Fsp3) is 0.455. The highest BCUT2D eigenvalue weighted by molar-refractivity contribution is 7.92. The van der Waals surface area contributed by atoms with Gasteiger partial charge >= 0.3 is 11.9 Å². The van der Waals surface area contributed by atoms with E-state index in [2.05, 4.69) is 0 Å². The van der Waals surface area contributed by atoms with Crippen molar-refractivity contribution in [2.45, 2.75) is 24.9 Å². The first-order valence-corrected chi connectivity index (χ1v) is 7.13. The molecule has 1 atom stereocenters. The van der Waals surface area contributed by atoms with E-state index >= 15 is 0 Å². The molecule has 1 aromatic heterocycles. The second-order valence-corrected chi connectivity index (χ2v) is 6.50. The van der Waals surface area contributed by atoms with Crippen molar-refractivity contribution in [1.82, 2.24) is 0 Å². The normalized spacial score (nSPS) is 13.4. The average Bonchev–Trinajstić information content (AvgIpc) is 2.62. The van der Waals surface area contributed by atoms with Crippen molar-refractivity contribution in [3.8, 4) is 0 Å². The molecule has 0 aliphatic heterocycles. The molecule has 2 N–H and O–H groups in total. The summed E-state index contributed by atoms with van der Waals surface area (Å²) in [5.41, 5.74) is 0. The lowest BCUT2D eigenvalue weighted by atomic mass is 10.1. The Morgan fingerprint density at radius 1 is 1.26 bits per heavy atom. The predicted molar refractivity (Wildman–Crippen MR) is 64.6 cm³/mol. The molecule has 0 fully saturated rings. The standard InChI is InChI=1S/C11H14O7S/c1-6(2)9(11(14)15)19(16,17)5-7-3-4-8(18-7)10(12)13/h3-4,6,9H,5H2,1-2H3,(H,12,13)(H,14,15). The van der Waals surface area contributed by atoms with E-state index in [1.165, 1.54) is 19.9 Å². The number of aliphatic carboxylic acids is 1. The highest BCUT2D eigenvalue weighted by Gasteiger charge is 2.36. The molecule has 0 radical (unpaired) electrons. The van der Waals surface area contributed by atoms with Gasteiger partial charge < -0.3 is 14.6 Å². The lowest BCUT2D eigenvalue weighted by Gasteiger charge is -2.15. The lowest BCUT2D eigenvalue weighted by Crippen LogP contribution is -2.35. The van der Waals surface area contributed by atoms with Gasteiger partial charge in [0.15, 0.2) is 15.1 Å². The van der Waals surface area contributed by atoms with Crippen LogP contribution < -0.4 is 0 Å². The first-order chi connectivity index (χ1) is 8.65. The molecule has 106 valence electrons. The molecule has 0 aromatic carbocycles. The Balaban J connectivity index is 3.01. The predicted octanol–water partition coefficient (Wildman–Crippen LogP) is 1.00. The smallest absolute Gasteiger partial charge is 0.371 e. The highest BCUT2D eigenvalue weighted by atomic mass is 32.2. The van der Waals surface area contributed by atoms with Crippen LogP contribution in [0.15, 0.2) is 16.5 Å². The maximum atomic E-state index is 12.0. The largest absolute Gasteiger partial charge is 0.480 e. The van der Waals surface area contributed by atoms with Gasteiger partial charge in [-0.2, -0.15) is 0 Å². The molecule has 0 spiro atoms. The van der Waals surface area contributed by atoms with Gasteiger partial charge in [0.1, 0.15) is 11.5 Å². The summed E-state index contributed by atoms with van der Waals surface area (Å²) in [6.45, 7) is 2.97. The molecule has 1 unspecified atom stereocenters. The van der Waals surface area contributed by atoms with Crippen molar-refractivity contribution in [1.29, 1.82) is 0 Å². The maximum Gasteiger partial charge on any atom is 0.371 e. The number of carbonyl (C=O) groups is 2. The Morgan fingerprint density at radius 2 is 1.84 bits per heavy atom. The number of carboxylic acid groups (broad SMARTS) is 2. The summed E-state index contributed by atoms with van der Waals surface area (Å²) in [7, 11) is -3.97.